The van der Waals surface area contributed by atoms with Crippen LogP contribution in [0.15, 0.2) is 34.9 Å². The van der Waals surface area contributed by atoms with Gasteiger partial charge < -0.3 is 4.52 Å². The molecular formula is C12H8ClF3N2O2. The lowest BCUT2D eigenvalue weighted by Gasteiger charge is -2.06. The Morgan fingerprint density at radius 3 is 2.50 bits per heavy atom. The third-order valence-corrected chi connectivity index (χ3v) is 2.64. The highest BCUT2D eigenvalue weighted by Gasteiger charge is 2.30. The van der Waals surface area contributed by atoms with Gasteiger partial charge in [-0.1, -0.05) is 17.3 Å². The van der Waals surface area contributed by atoms with Crippen molar-refractivity contribution >= 4 is 23.4 Å². The summed E-state index contributed by atoms with van der Waals surface area (Å²) in [5.41, 5.74) is -0.00266. The standard InChI is InChI=1S/C12H8ClF3N2O2/c13-6-10(19)17-11-5-9(18-20-11)7-1-3-8(4-2-7)12(14,15)16/h1-5H,6H2,(H,17,19). The lowest BCUT2D eigenvalue weighted by atomic mass is 10.1. The van der Waals surface area contributed by atoms with Gasteiger partial charge in [0.1, 0.15) is 11.6 Å². The van der Waals surface area contributed by atoms with E-state index in [9.17, 15) is 18.0 Å². The molecular weight excluding hydrogens is 297 g/mol. The first-order valence-corrected chi connectivity index (χ1v) is 5.94. The van der Waals surface area contributed by atoms with Gasteiger partial charge in [-0.15, -0.1) is 11.6 Å². The highest BCUT2D eigenvalue weighted by atomic mass is 35.5. The minimum atomic E-state index is -4.39. The molecule has 0 radical (unpaired) electrons. The van der Waals surface area contributed by atoms with E-state index in [2.05, 4.69) is 10.5 Å². The predicted molar refractivity (Wildman–Crippen MR) is 66.3 cm³/mol. The first kappa shape index (κ1) is 14.4. The van der Waals surface area contributed by atoms with Crippen LogP contribution in [-0.2, 0) is 11.0 Å². The maximum atomic E-state index is 12.4. The van der Waals surface area contributed by atoms with Crippen LogP contribution in [0.5, 0.6) is 0 Å². The summed E-state index contributed by atoms with van der Waals surface area (Å²) in [5.74, 6) is -0.636. The van der Waals surface area contributed by atoms with Gasteiger partial charge in [0.2, 0.25) is 11.8 Å². The zero-order chi connectivity index (χ0) is 14.8. The van der Waals surface area contributed by atoms with Crippen molar-refractivity contribution in [3.63, 3.8) is 0 Å². The summed E-state index contributed by atoms with van der Waals surface area (Å²) in [4.78, 5) is 11.0. The van der Waals surface area contributed by atoms with Crippen molar-refractivity contribution in [2.24, 2.45) is 0 Å². The monoisotopic (exact) mass is 304 g/mol. The SMILES string of the molecule is O=C(CCl)Nc1cc(-c2ccc(C(F)(F)F)cc2)no1. The Morgan fingerprint density at radius 1 is 1.30 bits per heavy atom. The summed E-state index contributed by atoms with van der Waals surface area (Å²) in [5, 5.41) is 5.99. The van der Waals surface area contributed by atoms with E-state index in [4.69, 9.17) is 16.1 Å². The van der Waals surface area contributed by atoms with Gasteiger partial charge in [-0.2, -0.15) is 13.2 Å². The molecule has 0 unspecified atom stereocenters. The molecule has 1 heterocycles. The normalized spacial score (nSPS) is 11.4. The van der Waals surface area contributed by atoms with Crippen molar-refractivity contribution in [3.8, 4) is 11.3 Å². The van der Waals surface area contributed by atoms with E-state index in [1.54, 1.807) is 0 Å². The second-order valence-electron chi connectivity index (χ2n) is 3.83. The highest BCUT2D eigenvalue weighted by Crippen LogP contribution is 2.31. The molecule has 8 heteroatoms. The molecule has 1 amide bonds. The van der Waals surface area contributed by atoms with Crippen molar-refractivity contribution < 1.29 is 22.5 Å². The number of hydrogen-bond acceptors (Lipinski definition) is 3. The zero-order valence-corrected chi connectivity index (χ0v) is 10.6. The van der Waals surface area contributed by atoms with E-state index in [1.165, 1.54) is 18.2 Å². The molecule has 0 aliphatic carbocycles. The summed E-state index contributed by atoms with van der Waals surface area (Å²) in [7, 11) is 0. The van der Waals surface area contributed by atoms with Crippen LogP contribution >= 0.6 is 11.6 Å². The van der Waals surface area contributed by atoms with E-state index in [1.807, 2.05) is 0 Å². The number of amides is 1. The van der Waals surface area contributed by atoms with Crippen molar-refractivity contribution in [1.82, 2.24) is 5.16 Å². The van der Waals surface area contributed by atoms with Crippen molar-refractivity contribution in [3.05, 3.63) is 35.9 Å². The van der Waals surface area contributed by atoms with Gasteiger partial charge in [0.25, 0.3) is 0 Å². The number of rotatable bonds is 3. The van der Waals surface area contributed by atoms with Crippen LogP contribution in [0.3, 0.4) is 0 Å². The van der Waals surface area contributed by atoms with Gasteiger partial charge in [-0.05, 0) is 12.1 Å². The van der Waals surface area contributed by atoms with Crippen molar-refractivity contribution in [2.75, 3.05) is 11.2 Å². The molecule has 0 saturated heterocycles. The first-order chi connectivity index (χ1) is 9.40. The highest BCUT2D eigenvalue weighted by molar-refractivity contribution is 6.28. The maximum absolute atomic E-state index is 12.4. The number of nitrogens with one attached hydrogen (secondary N) is 1. The van der Waals surface area contributed by atoms with Gasteiger partial charge in [0.15, 0.2) is 0 Å². The van der Waals surface area contributed by atoms with Crippen LogP contribution in [-0.4, -0.2) is 16.9 Å². The molecule has 20 heavy (non-hydrogen) atoms. The van der Waals surface area contributed by atoms with Crippen molar-refractivity contribution in [2.45, 2.75) is 6.18 Å². The van der Waals surface area contributed by atoms with E-state index in [-0.39, 0.29) is 11.8 Å². The van der Waals surface area contributed by atoms with Crippen LogP contribution in [0.1, 0.15) is 5.56 Å². The number of nitrogens with zero attached hydrogens (tertiary/aromatic N) is 1. The van der Waals surface area contributed by atoms with Crippen LogP contribution in [0.4, 0.5) is 19.1 Å². The van der Waals surface area contributed by atoms with Gasteiger partial charge in [0.05, 0.1) is 5.56 Å². The topological polar surface area (TPSA) is 55.1 Å². The lowest BCUT2D eigenvalue weighted by Crippen LogP contribution is -2.11. The van der Waals surface area contributed by atoms with Gasteiger partial charge >= 0.3 is 6.18 Å². The van der Waals surface area contributed by atoms with Crippen LogP contribution in [0.25, 0.3) is 11.3 Å². The van der Waals surface area contributed by atoms with Crippen LogP contribution < -0.4 is 5.32 Å². The van der Waals surface area contributed by atoms with Gasteiger partial charge in [-0.25, -0.2) is 0 Å². The molecule has 0 aliphatic heterocycles. The third-order valence-electron chi connectivity index (χ3n) is 2.40. The number of anilines is 1. The fraction of sp³-hybridized carbons (Fsp3) is 0.167. The second kappa shape index (κ2) is 5.54. The molecule has 1 aromatic carbocycles. The summed E-state index contributed by atoms with van der Waals surface area (Å²) in [6.07, 6.45) is -4.39. The van der Waals surface area contributed by atoms with Crippen molar-refractivity contribution in [1.29, 1.82) is 0 Å². The fourth-order valence-corrected chi connectivity index (χ4v) is 1.54. The smallest absolute Gasteiger partial charge is 0.338 e. The molecule has 106 valence electrons. The Kier molecular flexibility index (Phi) is 3.99. The summed E-state index contributed by atoms with van der Waals surface area (Å²) < 4.78 is 42.1. The molecule has 0 bridgehead atoms. The first-order valence-electron chi connectivity index (χ1n) is 5.40. The van der Waals surface area contributed by atoms with E-state index in [0.717, 1.165) is 12.1 Å². The molecule has 2 aromatic rings. The molecule has 0 saturated carbocycles. The minimum absolute atomic E-state index is 0.0746. The summed E-state index contributed by atoms with van der Waals surface area (Å²) in [6, 6.07) is 5.83. The largest absolute Gasteiger partial charge is 0.416 e. The molecule has 2 rings (SSSR count). The molecule has 1 N–H and O–H groups in total. The molecule has 4 nitrogen and oxygen atoms in total. The molecule has 0 atom stereocenters. The number of aromatic nitrogens is 1. The predicted octanol–water partition coefficient (Wildman–Crippen LogP) is 3.54. The molecule has 1 aromatic heterocycles. The van der Waals surface area contributed by atoms with E-state index in [0.29, 0.717) is 11.3 Å². The third kappa shape index (κ3) is 3.30. The number of halogens is 4. The number of alkyl halides is 4. The quantitative estimate of drug-likeness (QED) is 0.882. The maximum Gasteiger partial charge on any atom is 0.416 e. The number of carbonyl (C=O) groups excluding carboxylic acids is 1. The summed E-state index contributed by atoms with van der Waals surface area (Å²) >= 11 is 5.31. The average molecular weight is 305 g/mol. The lowest BCUT2D eigenvalue weighted by molar-refractivity contribution is -0.137. The molecule has 0 spiro atoms. The summed E-state index contributed by atoms with van der Waals surface area (Å²) in [6.45, 7) is 0. The average Bonchev–Trinajstić information content (AvgIpc) is 2.86. The fourth-order valence-electron chi connectivity index (χ4n) is 1.47. The Labute approximate surface area is 116 Å². The Balaban J connectivity index is 2.18. The molecule has 0 fully saturated rings. The Bertz CT molecular complexity index is 608. The zero-order valence-electron chi connectivity index (χ0n) is 9.87. The molecule has 0 aliphatic rings. The van der Waals surface area contributed by atoms with E-state index >= 15 is 0 Å². The van der Waals surface area contributed by atoms with Crippen LogP contribution in [0.2, 0.25) is 0 Å². The Hall–Kier alpha value is -2.02. The van der Waals surface area contributed by atoms with Gasteiger partial charge in [-0.3, -0.25) is 10.1 Å². The number of hydrogen-bond donors (Lipinski definition) is 1. The Morgan fingerprint density at radius 2 is 1.95 bits per heavy atom. The van der Waals surface area contributed by atoms with Gasteiger partial charge in [0, 0.05) is 11.6 Å². The van der Waals surface area contributed by atoms with Crippen LogP contribution in [0, 0.1) is 0 Å². The second-order valence-corrected chi connectivity index (χ2v) is 4.10. The number of carbonyl (C=O) groups is 1. The minimum Gasteiger partial charge on any atom is -0.338 e. The van der Waals surface area contributed by atoms with E-state index < -0.39 is 17.6 Å². The number of benzene rings is 1.